The average Bonchev–Trinajstić information content (AvgIpc) is 2.63. The summed E-state index contributed by atoms with van der Waals surface area (Å²) in [6.45, 7) is 2.14. The minimum atomic E-state index is -1.04. The number of allylic oxidation sites excluding steroid dienone is 10. The van der Waals surface area contributed by atoms with Gasteiger partial charge in [0, 0.05) is 11.3 Å². The fourth-order valence-corrected chi connectivity index (χ4v) is 2.21. The standard InChI is InChI=1S/C22H33NO3/c1-2-3-4-5-6-7-8-9-10-11-12-13-14-15-16-17-18-19-20-22(21-24)23(25)26/h3-4,6-7,9-10,12-13,15-16,21-22H,2,5,8,11,14,17-20H2,1H3/b4-3+,7-6+,10-9+,13-12+,16-15+. The van der Waals surface area contributed by atoms with Crippen LogP contribution in [0.15, 0.2) is 60.8 Å². The first-order chi connectivity index (χ1) is 12.7. The number of carbonyl (C=O) groups excluding carboxylic acids is 1. The highest BCUT2D eigenvalue weighted by Crippen LogP contribution is 2.06. The fraction of sp³-hybridized carbons (Fsp3) is 0.500. The molecule has 144 valence electrons. The van der Waals surface area contributed by atoms with E-state index in [-0.39, 0.29) is 0 Å². The van der Waals surface area contributed by atoms with E-state index in [2.05, 4.69) is 67.7 Å². The molecule has 0 aliphatic rings. The molecule has 0 aliphatic heterocycles. The van der Waals surface area contributed by atoms with Crippen LogP contribution in [0.4, 0.5) is 0 Å². The van der Waals surface area contributed by atoms with E-state index >= 15 is 0 Å². The van der Waals surface area contributed by atoms with E-state index < -0.39 is 11.0 Å². The van der Waals surface area contributed by atoms with E-state index in [4.69, 9.17) is 0 Å². The van der Waals surface area contributed by atoms with Crippen LogP contribution in [-0.2, 0) is 4.79 Å². The summed E-state index contributed by atoms with van der Waals surface area (Å²) in [5, 5.41) is 10.5. The maximum Gasteiger partial charge on any atom is 0.267 e. The Hall–Kier alpha value is -2.23. The number of nitrogens with zero attached hydrogens (tertiary/aromatic N) is 1. The SMILES string of the molecule is CC/C=C/C/C=C/C/C=C/C/C=C/C/C=C/CCCCC(C=O)[N+](=O)[O-]. The van der Waals surface area contributed by atoms with Gasteiger partial charge in [0.2, 0.25) is 0 Å². The van der Waals surface area contributed by atoms with Gasteiger partial charge in [0.05, 0.1) is 0 Å². The van der Waals surface area contributed by atoms with Gasteiger partial charge in [-0.1, -0.05) is 67.7 Å². The zero-order valence-electron chi connectivity index (χ0n) is 16.0. The van der Waals surface area contributed by atoms with Gasteiger partial charge in [-0.25, -0.2) is 0 Å². The molecule has 0 aromatic carbocycles. The van der Waals surface area contributed by atoms with Gasteiger partial charge in [-0.2, -0.15) is 0 Å². The number of unbranched alkanes of at least 4 members (excludes halogenated alkanes) is 2. The van der Waals surface area contributed by atoms with E-state index in [0.29, 0.717) is 19.1 Å². The molecular formula is C22H33NO3. The molecule has 0 aromatic heterocycles. The number of carbonyl (C=O) groups is 1. The summed E-state index contributed by atoms with van der Waals surface area (Å²) in [5.74, 6) is 0. The van der Waals surface area contributed by atoms with Gasteiger partial charge >= 0.3 is 0 Å². The van der Waals surface area contributed by atoms with Crippen molar-refractivity contribution in [3.05, 3.63) is 70.9 Å². The predicted molar refractivity (Wildman–Crippen MR) is 110 cm³/mol. The number of hydrogen-bond donors (Lipinski definition) is 0. The summed E-state index contributed by atoms with van der Waals surface area (Å²) in [7, 11) is 0. The third-order valence-electron chi connectivity index (χ3n) is 3.71. The van der Waals surface area contributed by atoms with Crippen LogP contribution in [0.3, 0.4) is 0 Å². The fourth-order valence-electron chi connectivity index (χ4n) is 2.21. The summed E-state index contributed by atoms with van der Waals surface area (Å²) in [6.07, 6.45) is 29.8. The Morgan fingerprint density at radius 2 is 1.23 bits per heavy atom. The molecule has 1 unspecified atom stereocenters. The third-order valence-corrected chi connectivity index (χ3v) is 3.71. The molecule has 0 radical (unpaired) electrons. The number of hydrogen-bond acceptors (Lipinski definition) is 3. The van der Waals surface area contributed by atoms with Crippen LogP contribution in [0.25, 0.3) is 0 Å². The minimum Gasteiger partial charge on any atom is -0.296 e. The maximum absolute atomic E-state index is 10.5. The van der Waals surface area contributed by atoms with Crippen molar-refractivity contribution in [2.24, 2.45) is 0 Å². The molecule has 0 aromatic rings. The van der Waals surface area contributed by atoms with Crippen molar-refractivity contribution in [3.8, 4) is 0 Å². The van der Waals surface area contributed by atoms with Crippen molar-refractivity contribution in [2.75, 3.05) is 0 Å². The van der Waals surface area contributed by atoms with Crippen LogP contribution < -0.4 is 0 Å². The lowest BCUT2D eigenvalue weighted by Gasteiger charge is -2.00. The highest BCUT2D eigenvalue weighted by molar-refractivity contribution is 5.55. The zero-order valence-corrected chi connectivity index (χ0v) is 16.0. The first-order valence-corrected chi connectivity index (χ1v) is 9.56. The van der Waals surface area contributed by atoms with E-state index in [0.717, 1.165) is 44.9 Å². The van der Waals surface area contributed by atoms with Gasteiger partial charge in [0.1, 0.15) is 0 Å². The molecule has 0 bridgehead atoms. The zero-order chi connectivity index (χ0) is 19.3. The van der Waals surface area contributed by atoms with Gasteiger partial charge in [-0.05, 0) is 51.4 Å². The summed E-state index contributed by atoms with van der Waals surface area (Å²) in [6, 6.07) is -1.04. The molecule has 0 fully saturated rings. The number of rotatable bonds is 16. The Balaban J connectivity index is 3.55. The highest BCUT2D eigenvalue weighted by Gasteiger charge is 2.16. The van der Waals surface area contributed by atoms with Gasteiger partial charge in [0.25, 0.3) is 6.04 Å². The van der Waals surface area contributed by atoms with E-state index in [9.17, 15) is 14.9 Å². The lowest BCUT2D eigenvalue weighted by atomic mass is 10.1. The molecule has 0 saturated carbocycles. The minimum absolute atomic E-state index is 0.335. The van der Waals surface area contributed by atoms with Crippen LogP contribution in [0, 0.1) is 10.1 Å². The van der Waals surface area contributed by atoms with Crippen LogP contribution in [-0.4, -0.2) is 17.3 Å². The largest absolute Gasteiger partial charge is 0.296 e. The lowest BCUT2D eigenvalue weighted by Crippen LogP contribution is -2.20. The van der Waals surface area contributed by atoms with Crippen LogP contribution in [0.5, 0.6) is 0 Å². The normalized spacial score (nSPS) is 13.7. The second-order valence-corrected chi connectivity index (χ2v) is 5.98. The van der Waals surface area contributed by atoms with Gasteiger partial charge < -0.3 is 0 Å². The Bertz CT molecular complexity index is 502. The van der Waals surface area contributed by atoms with Crippen LogP contribution >= 0.6 is 0 Å². The maximum atomic E-state index is 10.5. The Morgan fingerprint density at radius 3 is 1.65 bits per heavy atom. The van der Waals surface area contributed by atoms with Crippen molar-refractivity contribution in [3.63, 3.8) is 0 Å². The Labute approximate surface area is 158 Å². The third kappa shape index (κ3) is 16.6. The molecule has 0 spiro atoms. The topological polar surface area (TPSA) is 60.2 Å². The van der Waals surface area contributed by atoms with Crippen molar-refractivity contribution in [2.45, 2.75) is 70.8 Å². The van der Waals surface area contributed by atoms with Gasteiger partial charge in [-0.15, -0.1) is 0 Å². The Kier molecular flexibility index (Phi) is 17.5. The molecule has 0 rings (SSSR count). The first kappa shape index (κ1) is 23.8. The molecule has 0 heterocycles. The number of nitro groups is 1. The molecule has 4 heteroatoms. The second-order valence-electron chi connectivity index (χ2n) is 5.98. The molecule has 26 heavy (non-hydrogen) atoms. The lowest BCUT2D eigenvalue weighted by molar-refractivity contribution is -0.506. The highest BCUT2D eigenvalue weighted by atomic mass is 16.6. The summed E-state index contributed by atoms with van der Waals surface area (Å²) >= 11 is 0. The van der Waals surface area contributed by atoms with E-state index in [1.165, 1.54) is 0 Å². The molecule has 0 saturated heterocycles. The first-order valence-electron chi connectivity index (χ1n) is 9.56. The molecule has 4 nitrogen and oxygen atoms in total. The van der Waals surface area contributed by atoms with Crippen molar-refractivity contribution >= 4 is 6.29 Å². The van der Waals surface area contributed by atoms with Crippen LogP contribution in [0.1, 0.15) is 64.7 Å². The molecule has 1 atom stereocenters. The molecule has 0 amide bonds. The monoisotopic (exact) mass is 359 g/mol. The Morgan fingerprint density at radius 1 is 0.769 bits per heavy atom. The predicted octanol–water partition coefficient (Wildman–Crippen LogP) is 6.14. The van der Waals surface area contributed by atoms with E-state index in [1.807, 2.05) is 0 Å². The summed E-state index contributed by atoms with van der Waals surface area (Å²) < 4.78 is 0. The average molecular weight is 360 g/mol. The van der Waals surface area contributed by atoms with Gasteiger partial charge in [0.15, 0.2) is 6.29 Å². The molecule has 0 N–H and O–H groups in total. The smallest absolute Gasteiger partial charge is 0.267 e. The number of aldehydes is 1. The van der Waals surface area contributed by atoms with Crippen molar-refractivity contribution < 1.29 is 9.72 Å². The van der Waals surface area contributed by atoms with Crippen molar-refractivity contribution in [1.82, 2.24) is 0 Å². The van der Waals surface area contributed by atoms with Crippen molar-refractivity contribution in [1.29, 1.82) is 0 Å². The second kappa shape index (κ2) is 19.1. The van der Waals surface area contributed by atoms with Crippen LogP contribution in [0.2, 0.25) is 0 Å². The summed E-state index contributed by atoms with van der Waals surface area (Å²) in [5.41, 5.74) is 0. The quantitative estimate of drug-likeness (QED) is 0.109. The molecule has 0 aliphatic carbocycles. The summed E-state index contributed by atoms with van der Waals surface area (Å²) in [4.78, 5) is 20.5. The van der Waals surface area contributed by atoms with Gasteiger partial charge in [-0.3, -0.25) is 14.9 Å². The molecular weight excluding hydrogens is 326 g/mol. The van der Waals surface area contributed by atoms with E-state index in [1.54, 1.807) is 0 Å².